The van der Waals surface area contributed by atoms with Crippen molar-refractivity contribution in [2.45, 2.75) is 4.90 Å². The van der Waals surface area contributed by atoms with Gasteiger partial charge in [0.1, 0.15) is 4.90 Å². The number of nitrogens with one attached hydrogen (secondary N) is 2. The van der Waals surface area contributed by atoms with Gasteiger partial charge in [-0.1, -0.05) is 11.6 Å². The number of carbonyl (C=O) groups excluding carboxylic acids is 1. The standard InChI is InChI=1S/C10H9ClN4O3S/c11-8-2-1-6(10(12)16)3-9(8)15-19(17,18)7-4-13-14-5-7/h1-5,15H,(H2,12,16)(H,13,14). The first kappa shape index (κ1) is 13.4. The average Bonchev–Trinajstić information content (AvgIpc) is 2.85. The second-order valence-electron chi connectivity index (χ2n) is 3.60. The summed E-state index contributed by atoms with van der Waals surface area (Å²) in [6.07, 6.45) is 2.36. The molecule has 2 aromatic rings. The maximum Gasteiger partial charge on any atom is 0.265 e. The average molecular weight is 301 g/mol. The van der Waals surface area contributed by atoms with Crippen LogP contribution in [0, 0.1) is 0 Å². The fourth-order valence-electron chi connectivity index (χ4n) is 1.35. The minimum Gasteiger partial charge on any atom is -0.366 e. The molecule has 0 aliphatic rings. The number of aromatic amines is 1. The first-order valence-electron chi connectivity index (χ1n) is 5.01. The molecule has 2 rings (SSSR count). The monoisotopic (exact) mass is 300 g/mol. The third kappa shape index (κ3) is 2.85. The molecule has 4 N–H and O–H groups in total. The Morgan fingerprint density at radius 3 is 2.74 bits per heavy atom. The van der Waals surface area contributed by atoms with Gasteiger partial charge < -0.3 is 5.73 Å². The molecule has 19 heavy (non-hydrogen) atoms. The van der Waals surface area contributed by atoms with Crippen LogP contribution in [0.25, 0.3) is 0 Å². The zero-order valence-electron chi connectivity index (χ0n) is 9.42. The number of amides is 1. The number of H-pyrrole nitrogens is 1. The normalized spacial score (nSPS) is 11.2. The van der Waals surface area contributed by atoms with E-state index in [2.05, 4.69) is 14.9 Å². The van der Waals surface area contributed by atoms with Crippen LogP contribution in [-0.4, -0.2) is 24.5 Å². The van der Waals surface area contributed by atoms with E-state index in [0.717, 1.165) is 6.20 Å². The number of nitrogens with two attached hydrogens (primary N) is 1. The largest absolute Gasteiger partial charge is 0.366 e. The van der Waals surface area contributed by atoms with E-state index in [1.165, 1.54) is 24.4 Å². The van der Waals surface area contributed by atoms with Gasteiger partial charge in [-0.05, 0) is 18.2 Å². The number of anilines is 1. The van der Waals surface area contributed by atoms with Crippen molar-refractivity contribution in [1.29, 1.82) is 0 Å². The lowest BCUT2D eigenvalue weighted by molar-refractivity contribution is 0.100. The van der Waals surface area contributed by atoms with Crippen molar-refractivity contribution in [3.63, 3.8) is 0 Å². The minimum absolute atomic E-state index is 0.0481. The van der Waals surface area contributed by atoms with Crippen LogP contribution in [0.1, 0.15) is 10.4 Å². The molecule has 7 nitrogen and oxygen atoms in total. The molecule has 1 aromatic carbocycles. The van der Waals surface area contributed by atoms with E-state index in [-0.39, 0.29) is 21.2 Å². The van der Waals surface area contributed by atoms with Crippen molar-refractivity contribution in [3.8, 4) is 0 Å². The molecule has 9 heteroatoms. The van der Waals surface area contributed by atoms with Crippen LogP contribution in [0.4, 0.5) is 5.69 Å². The molecule has 0 atom stereocenters. The Morgan fingerprint density at radius 1 is 1.42 bits per heavy atom. The second kappa shape index (κ2) is 4.90. The summed E-state index contributed by atoms with van der Waals surface area (Å²) in [6, 6.07) is 4.05. The van der Waals surface area contributed by atoms with Crippen LogP contribution in [0.2, 0.25) is 5.02 Å². The van der Waals surface area contributed by atoms with Crippen molar-refractivity contribution < 1.29 is 13.2 Å². The Labute approximate surface area is 113 Å². The molecule has 0 fully saturated rings. The number of benzene rings is 1. The number of carbonyl (C=O) groups is 1. The summed E-state index contributed by atoms with van der Waals surface area (Å²) < 4.78 is 26.2. The van der Waals surface area contributed by atoms with Crippen molar-refractivity contribution in [1.82, 2.24) is 10.2 Å². The summed E-state index contributed by atoms with van der Waals surface area (Å²) in [6.45, 7) is 0. The molecule has 1 heterocycles. The quantitative estimate of drug-likeness (QED) is 0.779. The molecule has 1 aromatic heterocycles. The molecule has 0 aliphatic heterocycles. The van der Waals surface area contributed by atoms with Crippen molar-refractivity contribution in [2.75, 3.05) is 4.72 Å². The van der Waals surface area contributed by atoms with Gasteiger partial charge in [0.25, 0.3) is 10.0 Å². The molecule has 100 valence electrons. The highest BCUT2D eigenvalue weighted by Gasteiger charge is 2.17. The van der Waals surface area contributed by atoms with Crippen LogP contribution >= 0.6 is 11.6 Å². The molecular weight excluding hydrogens is 292 g/mol. The van der Waals surface area contributed by atoms with Crippen LogP contribution in [0.3, 0.4) is 0 Å². The number of rotatable bonds is 4. The number of nitrogens with zero attached hydrogens (tertiary/aromatic N) is 1. The lowest BCUT2D eigenvalue weighted by Gasteiger charge is -2.09. The van der Waals surface area contributed by atoms with E-state index >= 15 is 0 Å². The van der Waals surface area contributed by atoms with Gasteiger partial charge in [-0.25, -0.2) is 8.42 Å². The van der Waals surface area contributed by atoms with Crippen molar-refractivity contribution >= 4 is 33.2 Å². The second-order valence-corrected chi connectivity index (χ2v) is 5.69. The van der Waals surface area contributed by atoms with Gasteiger partial charge in [-0.3, -0.25) is 14.6 Å². The third-order valence-electron chi connectivity index (χ3n) is 2.28. The highest BCUT2D eigenvalue weighted by molar-refractivity contribution is 7.92. The Bertz CT molecular complexity index is 712. The summed E-state index contributed by atoms with van der Waals surface area (Å²) in [5, 5.41) is 6.09. The maximum atomic E-state index is 12.0. The highest BCUT2D eigenvalue weighted by Crippen LogP contribution is 2.25. The van der Waals surface area contributed by atoms with E-state index in [0.29, 0.717) is 0 Å². The Morgan fingerprint density at radius 2 is 2.16 bits per heavy atom. The number of hydrogen-bond acceptors (Lipinski definition) is 4. The van der Waals surface area contributed by atoms with Gasteiger partial charge >= 0.3 is 0 Å². The number of primary amides is 1. The van der Waals surface area contributed by atoms with Gasteiger partial charge in [0, 0.05) is 11.8 Å². The number of sulfonamides is 1. The summed E-state index contributed by atoms with van der Waals surface area (Å²) in [5.41, 5.74) is 5.33. The van der Waals surface area contributed by atoms with Gasteiger partial charge in [0.2, 0.25) is 5.91 Å². The van der Waals surface area contributed by atoms with Gasteiger partial charge in [-0.15, -0.1) is 0 Å². The smallest absolute Gasteiger partial charge is 0.265 e. The topological polar surface area (TPSA) is 118 Å². The first-order valence-corrected chi connectivity index (χ1v) is 6.87. The van der Waals surface area contributed by atoms with Crippen LogP contribution in [0.15, 0.2) is 35.5 Å². The highest BCUT2D eigenvalue weighted by atomic mass is 35.5. The van der Waals surface area contributed by atoms with Crippen LogP contribution in [-0.2, 0) is 10.0 Å². The zero-order valence-corrected chi connectivity index (χ0v) is 11.0. The molecule has 0 spiro atoms. The molecule has 0 saturated carbocycles. The molecule has 0 radical (unpaired) electrons. The maximum absolute atomic E-state index is 12.0. The fourth-order valence-corrected chi connectivity index (χ4v) is 2.54. The molecule has 0 unspecified atom stereocenters. The minimum atomic E-state index is -3.82. The van der Waals surface area contributed by atoms with Crippen LogP contribution in [0.5, 0.6) is 0 Å². The van der Waals surface area contributed by atoms with E-state index < -0.39 is 15.9 Å². The van der Waals surface area contributed by atoms with E-state index in [1.54, 1.807) is 0 Å². The predicted molar refractivity (Wildman–Crippen MR) is 69.4 cm³/mol. The molecule has 0 saturated heterocycles. The van der Waals surface area contributed by atoms with Crippen LogP contribution < -0.4 is 10.5 Å². The summed E-state index contributed by atoms with van der Waals surface area (Å²) in [7, 11) is -3.82. The number of hydrogen-bond donors (Lipinski definition) is 3. The van der Waals surface area contributed by atoms with E-state index in [9.17, 15) is 13.2 Å². The molecule has 0 aliphatic carbocycles. The fraction of sp³-hybridized carbons (Fsp3) is 0. The Kier molecular flexibility index (Phi) is 3.45. The molecular formula is C10H9ClN4O3S. The Balaban J connectivity index is 2.39. The predicted octanol–water partition coefficient (Wildman–Crippen LogP) is 0.963. The van der Waals surface area contributed by atoms with Crippen molar-refractivity contribution in [3.05, 3.63) is 41.2 Å². The third-order valence-corrected chi connectivity index (χ3v) is 3.94. The summed E-state index contributed by atoms with van der Waals surface area (Å²) >= 11 is 5.87. The first-order chi connectivity index (χ1) is 8.90. The van der Waals surface area contributed by atoms with Gasteiger partial charge in [0.15, 0.2) is 0 Å². The molecule has 0 bridgehead atoms. The van der Waals surface area contributed by atoms with Gasteiger partial charge in [0.05, 0.1) is 16.9 Å². The van der Waals surface area contributed by atoms with Gasteiger partial charge in [-0.2, -0.15) is 5.10 Å². The molecule has 1 amide bonds. The Hall–Kier alpha value is -2.06. The summed E-state index contributed by atoms with van der Waals surface area (Å²) in [4.78, 5) is 11.0. The van der Waals surface area contributed by atoms with Crippen molar-refractivity contribution in [2.24, 2.45) is 5.73 Å². The lowest BCUT2D eigenvalue weighted by atomic mass is 10.2. The number of halogens is 1. The zero-order chi connectivity index (χ0) is 14.0. The van der Waals surface area contributed by atoms with E-state index in [1.807, 2.05) is 0 Å². The summed E-state index contributed by atoms with van der Waals surface area (Å²) in [5.74, 6) is -0.680. The number of aromatic nitrogens is 2. The van der Waals surface area contributed by atoms with E-state index in [4.69, 9.17) is 17.3 Å². The lowest BCUT2D eigenvalue weighted by Crippen LogP contribution is -2.15. The SMILES string of the molecule is NC(=O)c1ccc(Cl)c(NS(=O)(=O)c2cn[nH]c2)c1.